The van der Waals surface area contributed by atoms with E-state index in [1.807, 2.05) is 43.3 Å². The van der Waals surface area contributed by atoms with E-state index in [9.17, 15) is 4.79 Å². The molecular formula is C21H18ClN3OS. The van der Waals surface area contributed by atoms with Gasteiger partial charge in [-0.15, -0.1) is 11.3 Å². The number of halogens is 1. The van der Waals surface area contributed by atoms with Gasteiger partial charge in [0.2, 0.25) is 0 Å². The average Bonchev–Trinajstić information content (AvgIpc) is 3.18. The van der Waals surface area contributed by atoms with Gasteiger partial charge in [0.15, 0.2) is 0 Å². The molecule has 0 saturated heterocycles. The molecule has 6 heteroatoms. The first kappa shape index (κ1) is 19.1. The zero-order valence-corrected chi connectivity index (χ0v) is 16.4. The van der Waals surface area contributed by atoms with Crippen molar-refractivity contribution in [1.82, 2.24) is 9.88 Å². The maximum absolute atomic E-state index is 13.0. The molecule has 2 aromatic carbocycles. The lowest BCUT2D eigenvalue weighted by molar-refractivity contribution is 0.0738. The number of rotatable bonds is 6. The molecule has 0 bridgehead atoms. The topological polar surface area (TPSA) is 57.0 Å². The largest absolute Gasteiger partial charge is 0.333 e. The van der Waals surface area contributed by atoms with Gasteiger partial charge in [-0.1, -0.05) is 42.8 Å². The summed E-state index contributed by atoms with van der Waals surface area (Å²) in [7, 11) is 0. The van der Waals surface area contributed by atoms with Crippen molar-refractivity contribution in [3.63, 3.8) is 0 Å². The van der Waals surface area contributed by atoms with Crippen molar-refractivity contribution >= 4 is 28.8 Å². The Bertz CT molecular complexity index is 958. The molecule has 0 saturated carbocycles. The van der Waals surface area contributed by atoms with Crippen LogP contribution in [0.3, 0.4) is 0 Å². The molecule has 0 aliphatic rings. The number of hydrogen-bond acceptors (Lipinski definition) is 4. The Kier molecular flexibility index (Phi) is 6.23. The summed E-state index contributed by atoms with van der Waals surface area (Å²) in [5.41, 5.74) is 2.99. The lowest BCUT2D eigenvalue weighted by atomic mass is 10.1. The number of benzene rings is 2. The summed E-state index contributed by atoms with van der Waals surface area (Å²) in [6.07, 6.45) is 0.857. The molecular weight excluding hydrogens is 378 g/mol. The van der Waals surface area contributed by atoms with Crippen LogP contribution in [0.15, 0.2) is 53.9 Å². The molecule has 136 valence electrons. The predicted molar refractivity (Wildman–Crippen MR) is 109 cm³/mol. The minimum Gasteiger partial charge on any atom is -0.333 e. The van der Waals surface area contributed by atoms with Crippen molar-refractivity contribution in [2.45, 2.75) is 19.9 Å². The van der Waals surface area contributed by atoms with Crippen molar-refractivity contribution in [3.05, 3.63) is 75.8 Å². The first-order valence-electron chi connectivity index (χ1n) is 8.60. The average molecular weight is 396 g/mol. The molecule has 0 aliphatic carbocycles. The first-order chi connectivity index (χ1) is 13.1. The Balaban J connectivity index is 1.78. The highest BCUT2D eigenvalue weighted by Crippen LogP contribution is 2.26. The second-order valence-corrected chi connectivity index (χ2v) is 7.37. The van der Waals surface area contributed by atoms with E-state index in [1.54, 1.807) is 22.4 Å². The molecule has 27 heavy (non-hydrogen) atoms. The number of hydrogen-bond donors (Lipinski definition) is 0. The zero-order valence-electron chi connectivity index (χ0n) is 14.9. The second kappa shape index (κ2) is 8.81. The summed E-state index contributed by atoms with van der Waals surface area (Å²) in [4.78, 5) is 19.3. The number of nitrogens with zero attached hydrogens (tertiary/aromatic N) is 3. The lowest BCUT2D eigenvalue weighted by Gasteiger charge is -2.21. The molecule has 4 nitrogen and oxygen atoms in total. The van der Waals surface area contributed by atoms with Gasteiger partial charge in [-0.25, -0.2) is 4.98 Å². The highest BCUT2D eigenvalue weighted by atomic mass is 35.5. The molecule has 1 aromatic heterocycles. The van der Waals surface area contributed by atoms with Crippen molar-refractivity contribution in [1.29, 1.82) is 5.26 Å². The van der Waals surface area contributed by atoms with Gasteiger partial charge in [0, 0.05) is 29.1 Å². The highest BCUT2D eigenvalue weighted by Gasteiger charge is 2.19. The smallest absolute Gasteiger partial charge is 0.273 e. The van der Waals surface area contributed by atoms with Crippen LogP contribution < -0.4 is 0 Å². The summed E-state index contributed by atoms with van der Waals surface area (Å²) >= 11 is 7.38. The van der Waals surface area contributed by atoms with Crippen LogP contribution in [0.2, 0.25) is 5.02 Å². The van der Waals surface area contributed by atoms with E-state index in [0.29, 0.717) is 29.4 Å². The van der Waals surface area contributed by atoms with Crippen LogP contribution in [0.1, 0.15) is 35.0 Å². The first-order valence-corrected chi connectivity index (χ1v) is 9.86. The van der Waals surface area contributed by atoms with Crippen LogP contribution in [-0.2, 0) is 6.54 Å². The Labute approximate surface area is 167 Å². The molecule has 3 aromatic rings. The second-order valence-electron chi connectivity index (χ2n) is 6.08. The minimum absolute atomic E-state index is 0.0855. The van der Waals surface area contributed by atoms with E-state index in [-0.39, 0.29) is 5.91 Å². The van der Waals surface area contributed by atoms with Crippen LogP contribution in [-0.4, -0.2) is 22.3 Å². The van der Waals surface area contributed by atoms with Crippen molar-refractivity contribution < 1.29 is 4.79 Å². The van der Waals surface area contributed by atoms with Gasteiger partial charge >= 0.3 is 0 Å². The number of aromatic nitrogens is 1. The molecule has 0 unspecified atom stereocenters. The third-order valence-electron chi connectivity index (χ3n) is 4.05. The maximum atomic E-state index is 13.0. The van der Waals surface area contributed by atoms with Gasteiger partial charge < -0.3 is 4.90 Å². The molecule has 0 spiro atoms. The van der Waals surface area contributed by atoms with Crippen molar-refractivity contribution in [2.24, 2.45) is 0 Å². The van der Waals surface area contributed by atoms with E-state index in [0.717, 1.165) is 22.6 Å². The number of amides is 1. The summed E-state index contributed by atoms with van der Waals surface area (Å²) < 4.78 is 0. The number of carbonyl (C=O) groups excluding carboxylic acids is 1. The van der Waals surface area contributed by atoms with E-state index in [1.165, 1.54) is 11.3 Å². The lowest BCUT2D eigenvalue weighted by Crippen LogP contribution is -2.31. The van der Waals surface area contributed by atoms with Gasteiger partial charge in [0.1, 0.15) is 10.7 Å². The van der Waals surface area contributed by atoms with Crippen LogP contribution in [0.4, 0.5) is 0 Å². The molecule has 0 atom stereocenters. The van der Waals surface area contributed by atoms with Crippen LogP contribution in [0, 0.1) is 11.3 Å². The summed E-state index contributed by atoms with van der Waals surface area (Å²) in [5, 5.41) is 12.2. The Morgan fingerprint density at radius 2 is 1.89 bits per heavy atom. The molecule has 3 rings (SSSR count). The highest BCUT2D eigenvalue weighted by molar-refractivity contribution is 7.13. The Morgan fingerprint density at radius 3 is 2.52 bits per heavy atom. The molecule has 0 aliphatic heterocycles. The monoisotopic (exact) mass is 395 g/mol. The number of nitriles is 1. The van der Waals surface area contributed by atoms with Crippen LogP contribution >= 0.6 is 22.9 Å². The van der Waals surface area contributed by atoms with Gasteiger partial charge in [-0.3, -0.25) is 4.79 Å². The van der Waals surface area contributed by atoms with Crippen LogP contribution in [0.25, 0.3) is 10.6 Å². The fourth-order valence-corrected chi connectivity index (χ4v) is 3.61. The Morgan fingerprint density at radius 1 is 1.19 bits per heavy atom. The quantitative estimate of drug-likeness (QED) is 0.562. The van der Waals surface area contributed by atoms with Crippen LogP contribution in [0.5, 0.6) is 0 Å². The van der Waals surface area contributed by atoms with E-state index < -0.39 is 0 Å². The van der Waals surface area contributed by atoms with E-state index >= 15 is 0 Å². The third kappa shape index (κ3) is 4.73. The van der Waals surface area contributed by atoms with E-state index in [4.69, 9.17) is 16.9 Å². The predicted octanol–water partition coefficient (Wildman–Crippen LogP) is 5.39. The molecule has 1 amide bonds. The fourth-order valence-electron chi connectivity index (χ4n) is 2.69. The third-order valence-corrected chi connectivity index (χ3v) is 5.20. The van der Waals surface area contributed by atoms with Gasteiger partial charge in [-0.05, 0) is 36.2 Å². The van der Waals surface area contributed by atoms with Gasteiger partial charge in [0.05, 0.1) is 11.6 Å². The number of carbonyl (C=O) groups is 1. The standard InChI is InChI=1S/C21H18ClN3OS/c1-2-11-25(13-16-5-3-15(12-23)4-6-16)21(26)19-14-27-20(24-19)17-7-9-18(22)10-8-17/h3-10,14H,2,11,13H2,1H3. The van der Waals surface area contributed by atoms with E-state index in [2.05, 4.69) is 11.1 Å². The number of thiazole rings is 1. The molecule has 0 fully saturated rings. The van der Waals surface area contributed by atoms with Gasteiger partial charge in [0.25, 0.3) is 5.91 Å². The minimum atomic E-state index is -0.0855. The molecule has 0 N–H and O–H groups in total. The summed E-state index contributed by atoms with van der Waals surface area (Å²) in [6.45, 7) is 3.18. The molecule has 1 heterocycles. The zero-order chi connectivity index (χ0) is 19.2. The Hall–Kier alpha value is -2.68. The SMILES string of the molecule is CCCN(Cc1ccc(C#N)cc1)C(=O)c1csc(-c2ccc(Cl)cc2)n1. The molecule has 0 radical (unpaired) electrons. The van der Waals surface area contributed by atoms with Gasteiger partial charge in [-0.2, -0.15) is 5.26 Å². The normalized spacial score (nSPS) is 10.4. The van der Waals surface area contributed by atoms with Crippen molar-refractivity contribution in [2.75, 3.05) is 6.54 Å². The maximum Gasteiger partial charge on any atom is 0.273 e. The fraction of sp³-hybridized carbons (Fsp3) is 0.190. The summed E-state index contributed by atoms with van der Waals surface area (Å²) in [6, 6.07) is 16.8. The van der Waals surface area contributed by atoms with Crippen molar-refractivity contribution in [3.8, 4) is 16.6 Å². The summed E-state index contributed by atoms with van der Waals surface area (Å²) in [5.74, 6) is -0.0855.